The van der Waals surface area contributed by atoms with Gasteiger partial charge in [-0.25, -0.2) is 9.36 Å². The third-order valence-corrected chi connectivity index (χ3v) is 8.26. The zero-order chi connectivity index (χ0) is 33.6. The molecule has 0 aliphatic carbocycles. The van der Waals surface area contributed by atoms with Crippen LogP contribution in [0.5, 0.6) is 0 Å². The van der Waals surface area contributed by atoms with E-state index in [2.05, 4.69) is 28.9 Å². The summed E-state index contributed by atoms with van der Waals surface area (Å²) in [4.78, 5) is 45.1. The van der Waals surface area contributed by atoms with Crippen LogP contribution in [0.2, 0.25) is 0 Å². The van der Waals surface area contributed by atoms with Crippen LogP contribution in [-0.4, -0.2) is 64.9 Å². The average Bonchev–Trinajstić information content (AvgIpc) is 3.00. The number of unbranched alkanes of at least 4 members (excludes halogenated alkanes) is 16. The Labute approximate surface area is 271 Å². The highest BCUT2D eigenvalue weighted by molar-refractivity contribution is 7.47. The lowest BCUT2D eigenvalue weighted by atomic mass is 10.1. The number of hydrogen-bond acceptors (Lipinski definition) is 8. The van der Waals surface area contributed by atoms with Crippen molar-refractivity contribution in [2.45, 2.75) is 161 Å². The lowest BCUT2D eigenvalue weighted by molar-refractivity contribution is -0.147. The van der Waals surface area contributed by atoms with Crippen LogP contribution in [0.3, 0.4) is 0 Å². The molecule has 4 N–H and O–H groups in total. The Morgan fingerprint density at radius 1 is 0.689 bits per heavy atom. The second-order valence-corrected chi connectivity index (χ2v) is 13.2. The highest BCUT2D eigenvalue weighted by Gasteiger charge is 2.28. The highest BCUT2D eigenvalue weighted by Crippen LogP contribution is 2.43. The van der Waals surface area contributed by atoms with Gasteiger partial charge in [0.2, 0.25) is 5.91 Å². The molecule has 11 nitrogen and oxygen atoms in total. The normalized spacial score (nSPS) is 14.2. The summed E-state index contributed by atoms with van der Waals surface area (Å²) in [5.74, 6) is -2.40. The molecule has 3 unspecified atom stereocenters. The van der Waals surface area contributed by atoms with E-state index in [4.69, 9.17) is 9.26 Å². The summed E-state index contributed by atoms with van der Waals surface area (Å²) in [5, 5.41) is 21.5. The van der Waals surface area contributed by atoms with Crippen LogP contribution >= 0.6 is 7.82 Å². The fourth-order valence-corrected chi connectivity index (χ4v) is 5.32. The predicted molar refractivity (Wildman–Crippen MR) is 176 cm³/mol. The molecule has 0 spiro atoms. The molecule has 0 saturated carbocycles. The molecule has 0 aliphatic rings. The van der Waals surface area contributed by atoms with E-state index in [-0.39, 0.29) is 12.8 Å². The Bertz CT molecular complexity index is 838. The maximum absolute atomic E-state index is 12.2. The Balaban J connectivity index is 3.92. The van der Waals surface area contributed by atoms with E-state index >= 15 is 0 Å². The number of allylic oxidation sites excluding steroid dienone is 2. The lowest BCUT2D eigenvalue weighted by Gasteiger charge is -2.18. The van der Waals surface area contributed by atoms with E-state index in [0.29, 0.717) is 12.8 Å². The molecule has 0 aromatic heterocycles. The molecule has 0 fully saturated rings. The molecule has 12 heteroatoms. The van der Waals surface area contributed by atoms with Gasteiger partial charge in [0.1, 0.15) is 12.7 Å². The third kappa shape index (κ3) is 29.4. The van der Waals surface area contributed by atoms with E-state index in [1.54, 1.807) is 0 Å². The second-order valence-electron chi connectivity index (χ2n) is 11.7. The van der Waals surface area contributed by atoms with E-state index in [9.17, 15) is 34.1 Å². The Morgan fingerprint density at radius 3 is 1.71 bits per heavy atom. The number of aliphatic hydroxyl groups excluding tert-OH is 1. The molecule has 0 radical (unpaired) electrons. The van der Waals surface area contributed by atoms with Gasteiger partial charge in [0.25, 0.3) is 0 Å². The van der Waals surface area contributed by atoms with Crippen molar-refractivity contribution < 1.29 is 47.8 Å². The van der Waals surface area contributed by atoms with Gasteiger partial charge in [0.15, 0.2) is 6.04 Å². The quantitative estimate of drug-likeness (QED) is 0.0247. The zero-order valence-corrected chi connectivity index (χ0v) is 28.8. The lowest BCUT2D eigenvalue weighted by Crippen LogP contribution is -2.43. The van der Waals surface area contributed by atoms with Crippen LogP contribution in [0.4, 0.5) is 0 Å². The molecular formula is C33H62NO10P. The number of esters is 1. The molecule has 264 valence electrons. The molecular weight excluding hydrogens is 601 g/mol. The number of aliphatic carboxylic acids is 1. The van der Waals surface area contributed by atoms with Gasteiger partial charge in [-0.1, -0.05) is 109 Å². The number of carboxylic acids is 1. The van der Waals surface area contributed by atoms with Gasteiger partial charge in [-0.2, -0.15) is 0 Å². The first-order valence-electron chi connectivity index (χ1n) is 17.2. The monoisotopic (exact) mass is 663 g/mol. The SMILES string of the molecule is CCCCCCCCC/C=C\CCCCCCCCCC(=O)NC(COP(=O)(O)OCC(O)COC(=O)CCCCC)C(=O)O. The Hall–Kier alpha value is -1.78. The average molecular weight is 664 g/mol. The number of amides is 1. The van der Waals surface area contributed by atoms with Crippen LogP contribution in [0, 0.1) is 0 Å². The summed E-state index contributed by atoms with van der Waals surface area (Å²) in [5.41, 5.74) is 0. The van der Waals surface area contributed by atoms with Crippen molar-refractivity contribution in [2.24, 2.45) is 0 Å². The van der Waals surface area contributed by atoms with Crippen LogP contribution in [0.25, 0.3) is 0 Å². The van der Waals surface area contributed by atoms with Crippen LogP contribution < -0.4 is 5.32 Å². The van der Waals surface area contributed by atoms with Gasteiger partial charge in [0.05, 0.1) is 13.2 Å². The molecule has 0 aromatic rings. The number of nitrogens with one attached hydrogen (secondary N) is 1. The summed E-state index contributed by atoms with van der Waals surface area (Å²) in [7, 11) is -4.73. The first-order chi connectivity index (χ1) is 21.6. The highest BCUT2D eigenvalue weighted by atomic mass is 31.2. The van der Waals surface area contributed by atoms with Crippen molar-refractivity contribution in [2.75, 3.05) is 19.8 Å². The number of ether oxygens (including phenoxy) is 1. The summed E-state index contributed by atoms with van der Waals surface area (Å²) in [6.45, 7) is 2.35. The van der Waals surface area contributed by atoms with Crippen LogP contribution in [-0.2, 0) is 32.7 Å². The predicted octanol–water partition coefficient (Wildman–Crippen LogP) is 7.38. The second kappa shape index (κ2) is 29.6. The smallest absolute Gasteiger partial charge is 0.472 e. The van der Waals surface area contributed by atoms with Gasteiger partial charge in [-0.3, -0.25) is 18.6 Å². The first-order valence-corrected chi connectivity index (χ1v) is 18.7. The van der Waals surface area contributed by atoms with Gasteiger partial charge in [-0.05, 0) is 38.5 Å². The minimum atomic E-state index is -4.73. The van der Waals surface area contributed by atoms with E-state index in [1.807, 2.05) is 6.92 Å². The number of carbonyl (C=O) groups is 3. The van der Waals surface area contributed by atoms with Crippen molar-refractivity contribution in [1.82, 2.24) is 5.32 Å². The number of rotatable bonds is 32. The Morgan fingerprint density at radius 2 is 1.16 bits per heavy atom. The summed E-state index contributed by atoms with van der Waals surface area (Å²) in [6.07, 6.45) is 24.9. The fourth-order valence-electron chi connectivity index (χ4n) is 4.54. The van der Waals surface area contributed by atoms with Crippen molar-refractivity contribution in [3.63, 3.8) is 0 Å². The van der Waals surface area contributed by atoms with Gasteiger partial charge in [-0.15, -0.1) is 0 Å². The van der Waals surface area contributed by atoms with Crippen LogP contribution in [0.1, 0.15) is 149 Å². The fraction of sp³-hybridized carbons (Fsp3) is 0.848. The topological polar surface area (TPSA) is 169 Å². The molecule has 0 bridgehead atoms. The summed E-state index contributed by atoms with van der Waals surface area (Å²) >= 11 is 0. The minimum absolute atomic E-state index is 0.143. The van der Waals surface area contributed by atoms with E-state index in [0.717, 1.165) is 44.9 Å². The minimum Gasteiger partial charge on any atom is -0.480 e. The third-order valence-electron chi connectivity index (χ3n) is 7.30. The number of phosphoric ester groups is 1. The summed E-state index contributed by atoms with van der Waals surface area (Å²) < 4.78 is 26.3. The van der Waals surface area contributed by atoms with Gasteiger partial charge in [0, 0.05) is 12.8 Å². The number of hydrogen-bond donors (Lipinski definition) is 4. The molecule has 1 amide bonds. The van der Waals surface area contributed by atoms with Crippen molar-refractivity contribution in [3.8, 4) is 0 Å². The number of phosphoric acid groups is 1. The molecule has 0 aromatic carbocycles. The standard InChI is InChI=1S/C33H62NO10P/c1-3-5-7-8-9-10-11-12-13-14-15-16-17-18-19-20-21-23-24-31(36)34-30(33(38)39)28-44-45(40,41)43-27-29(35)26-42-32(37)25-22-6-4-2/h13-14,29-30,35H,3-12,15-28H2,1-2H3,(H,34,36)(H,38,39)(H,40,41)/b14-13-. The molecule has 0 rings (SSSR count). The van der Waals surface area contributed by atoms with Crippen molar-refractivity contribution >= 4 is 25.7 Å². The van der Waals surface area contributed by atoms with E-state index in [1.165, 1.54) is 64.2 Å². The largest absolute Gasteiger partial charge is 0.480 e. The Kier molecular flexibility index (Phi) is 28.4. The summed E-state index contributed by atoms with van der Waals surface area (Å²) in [6, 6.07) is -1.54. The van der Waals surface area contributed by atoms with E-state index < -0.39 is 57.6 Å². The zero-order valence-electron chi connectivity index (χ0n) is 27.9. The number of carboxylic acid groups (broad SMARTS) is 1. The number of aliphatic hydroxyl groups is 1. The molecule has 0 aliphatic heterocycles. The molecule has 45 heavy (non-hydrogen) atoms. The maximum atomic E-state index is 12.2. The van der Waals surface area contributed by atoms with Crippen LogP contribution in [0.15, 0.2) is 12.2 Å². The molecule has 0 heterocycles. The van der Waals surface area contributed by atoms with Gasteiger partial charge < -0.3 is 25.2 Å². The van der Waals surface area contributed by atoms with Gasteiger partial charge >= 0.3 is 19.8 Å². The molecule has 3 atom stereocenters. The van der Waals surface area contributed by atoms with Crippen molar-refractivity contribution in [3.05, 3.63) is 12.2 Å². The van der Waals surface area contributed by atoms with Crippen molar-refractivity contribution in [1.29, 1.82) is 0 Å². The number of carbonyl (C=O) groups excluding carboxylic acids is 2. The maximum Gasteiger partial charge on any atom is 0.472 e. The molecule has 0 saturated heterocycles. The first kappa shape index (κ1) is 43.2.